The van der Waals surface area contributed by atoms with Gasteiger partial charge in [-0.2, -0.15) is 0 Å². The molecule has 0 spiro atoms. The monoisotopic (exact) mass is 178 g/mol. The summed E-state index contributed by atoms with van der Waals surface area (Å²) in [5, 5.41) is 0. The molecule has 0 radical (unpaired) electrons. The minimum absolute atomic E-state index is 0.349. The van der Waals surface area contributed by atoms with Crippen LogP contribution in [-0.4, -0.2) is 5.78 Å². The molecule has 0 aromatic rings. The third kappa shape index (κ3) is 1.56. The van der Waals surface area contributed by atoms with Crippen molar-refractivity contribution in [3.05, 3.63) is 11.6 Å². The molecular formula is C12H18O. The summed E-state index contributed by atoms with van der Waals surface area (Å²) in [5.74, 6) is 1.13. The van der Waals surface area contributed by atoms with E-state index in [1.807, 2.05) is 6.08 Å². The van der Waals surface area contributed by atoms with Crippen molar-refractivity contribution in [1.82, 2.24) is 0 Å². The van der Waals surface area contributed by atoms with Crippen molar-refractivity contribution in [3.8, 4) is 0 Å². The number of rotatable bonds is 0. The first-order chi connectivity index (χ1) is 6.10. The van der Waals surface area contributed by atoms with Crippen LogP contribution in [0.5, 0.6) is 0 Å². The number of allylic oxidation sites excluding steroid dienone is 2. The third-order valence-corrected chi connectivity index (χ3v) is 3.79. The average Bonchev–Trinajstić information content (AvgIpc) is 2.08. The molecule has 2 aliphatic carbocycles. The van der Waals surface area contributed by atoms with Crippen molar-refractivity contribution in [1.29, 1.82) is 0 Å². The predicted octanol–water partition coefficient (Wildman–Crippen LogP) is 3.10. The number of carbonyl (C=O) groups excluding carboxylic acids is 1. The van der Waals surface area contributed by atoms with Crippen LogP contribution < -0.4 is 0 Å². The fourth-order valence-electron chi connectivity index (χ4n) is 2.63. The Morgan fingerprint density at radius 2 is 2.23 bits per heavy atom. The van der Waals surface area contributed by atoms with E-state index in [4.69, 9.17) is 0 Å². The summed E-state index contributed by atoms with van der Waals surface area (Å²) >= 11 is 0. The van der Waals surface area contributed by atoms with Gasteiger partial charge < -0.3 is 0 Å². The molecule has 1 unspecified atom stereocenters. The molecule has 0 aliphatic heterocycles. The van der Waals surface area contributed by atoms with Gasteiger partial charge in [-0.05, 0) is 43.1 Å². The molecule has 0 aromatic carbocycles. The zero-order valence-electron chi connectivity index (χ0n) is 8.60. The molecule has 72 valence electrons. The molecule has 0 heterocycles. The molecule has 1 fully saturated rings. The molecule has 13 heavy (non-hydrogen) atoms. The van der Waals surface area contributed by atoms with Gasteiger partial charge >= 0.3 is 0 Å². The molecule has 0 saturated heterocycles. The summed E-state index contributed by atoms with van der Waals surface area (Å²) in [7, 11) is 0. The summed E-state index contributed by atoms with van der Waals surface area (Å²) in [6.07, 6.45) is 7.56. The van der Waals surface area contributed by atoms with Gasteiger partial charge in [0.05, 0.1) is 0 Å². The van der Waals surface area contributed by atoms with Gasteiger partial charge in [0.15, 0.2) is 5.78 Å². The highest BCUT2D eigenvalue weighted by Crippen LogP contribution is 2.47. The maximum atomic E-state index is 11.3. The standard InChI is InChI=1S/C12H18O/c1-9-3-5-12(2)6-4-11(13)8-10(12)7-9/h8-9H,3-7H2,1-2H3/t9?,12-/m0/s1. The van der Waals surface area contributed by atoms with E-state index in [0.717, 1.165) is 25.2 Å². The molecule has 2 rings (SSSR count). The highest BCUT2D eigenvalue weighted by molar-refractivity contribution is 5.91. The van der Waals surface area contributed by atoms with Crippen LogP contribution in [0.3, 0.4) is 0 Å². The van der Waals surface area contributed by atoms with Gasteiger partial charge in [-0.25, -0.2) is 0 Å². The Morgan fingerprint density at radius 3 is 3.00 bits per heavy atom. The van der Waals surface area contributed by atoms with Crippen LogP contribution in [0, 0.1) is 11.3 Å². The van der Waals surface area contributed by atoms with Crippen molar-refractivity contribution >= 4 is 5.78 Å². The predicted molar refractivity (Wildman–Crippen MR) is 53.4 cm³/mol. The van der Waals surface area contributed by atoms with Crippen LogP contribution in [0.25, 0.3) is 0 Å². The second-order valence-electron chi connectivity index (χ2n) is 5.04. The van der Waals surface area contributed by atoms with E-state index < -0.39 is 0 Å². The first-order valence-electron chi connectivity index (χ1n) is 5.34. The van der Waals surface area contributed by atoms with Gasteiger partial charge in [0.2, 0.25) is 0 Å². The molecule has 0 N–H and O–H groups in total. The Hall–Kier alpha value is -0.590. The van der Waals surface area contributed by atoms with Crippen LogP contribution in [-0.2, 0) is 4.79 Å². The number of hydrogen-bond acceptors (Lipinski definition) is 1. The Bertz CT molecular complexity index is 264. The summed E-state index contributed by atoms with van der Waals surface area (Å²) in [5.41, 5.74) is 1.81. The fraction of sp³-hybridized carbons (Fsp3) is 0.750. The van der Waals surface area contributed by atoms with Crippen LogP contribution in [0.1, 0.15) is 46.0 Å². The van der Waals surface area contributed by atoms with Gasteiger partial charge in [-0.15, -0.1) is 0 Å². The largest absolute Gasteiger partial charge is 0.295 e. The van der Waals surface area contributed by atoms with Gasteiger partial charge in [0.25, 0.3) is 0 Å². The number of hydrogen-bond donors (Lipinski definition) is 0. The zero-order chi connectivity index (χ0) is 9.47. The van der Waals surface area contributed by atoms with Crippen molar-refractivity contribution < 1.29 is 4.79 Å². The Morgan fingerprint density at radius 1 is 1.46 bits per heavy atom. The first kappa shape index (κ1) is 8.98. The van der Waals surface area contributed by atoms with Crippen molar-refractivity contribution in [2.45, 2.75) is 46.0 Å². The second kappa shape index (κ2) is 2.97. The Labute approximate surface area is 80.2 Å². The summed E-state index contributed by atoms with van der Waals surface area (Å²) in [6, 6.07) is 0. The molecule has 1 saturated carbocycles. The molecule has 1 heteroatoms. The molecule has 0 bridgehead atoms. The number of carbonyl (C=O) groups is 1. The minimum atomic E-state index is 0.349. The quantitative estimate of drug-likeness (QED) is 0.557. The number of fused-ring (bicyclic) bond motifs is 1. The molecule has 0 amide bonds. The van der Waals surface area contributed by atoms with Gasteiger partial charge in [0, 0.05) is 6.42 Å². The molecule has 1 nitrogen and oxygen atoms in total. The van der Waals surface area contributed by atoms with E-state index >= 15 is 0 Å². The lowest BCUT2D eigenvalue weighted by Crippen LogP contribution is -2.30. The van der Waals surface area contributed by atoms with Crippen LogP contribution in [0.2, 0.25) is 0 Å². The van der Waals surface area contributed by atoms with E-state index in [1.54, 1.807) is 0 Å². The molecule has 0 aromatic heterocycles. The second-order valence-corrected chi connectivity index (χ2v) is 5.04. The summed E-state index contributed by atoms with van der Waals surface area (Å²) in [4.78, 5) is 11.3. The maximum Gasteiger partial charge on any atom is 0.155 e. The van der Waals surface area contributed by atoms with Crippen LogP contribution >= 0.6 is 0 Å². The first-order valence-corrected chi connectivity index (χ1v) is 5.34. The highest BCUT2D eigenvalue weighted by atomic mass is 16.1. The van der Waals surface area contributed by atoms with E-state index in [1.165, 1.54) is 18.4 Å². The maximum absolute atomic E-state index is 11.3. The fourth-order valence-corrected chi connectivity index (χ4v) is 2.63. The van der Waals surface area contributed by atoms with Crippen molar-refractivity contribution in [2.24, 2.45) is 11.3 Å². The topological polar surface area (TPSA) is 17.1 Å². The van der Waals surface area contributed by atoms with Crippen molar-refractivity contribution in [2.75, 3.05) is 0 Å². The normalized spacial score (nSPS) is 39.7. The van der Waals surface area contributed by atoms with Gasteiger partial charge in [-0.1, -0.05) is 19.4 Å². The lowest BCUT2D eigenvalue weighted by atomic mass is 9.64. The Balaban J connectivity index is 2.27. The van der Waals surface area contributed by atoms with E-state index in [-0.39, 0.29) is 0 Å². The summed E-state index contributed by atoms with van der Waals surface area (Å²) < 4.78 is 0. The van der Waals surface area contributed by atoms with E-state index in [0.29, 0.717) is 11.2 Å². The molecule has 2 atom stereocenters. The van der Waals surface area contributed by atoms with Crippen molar-refractivity contribution in [3.63, 3.8) is 0 Å². The zero-order valence-corrected chi connectivity index (χ0v) is 8.60. The Kier molecular flexibility index (Phi) is 2.05. The molecular weight excluding hydrogens is 160 g/mol. The van der Waals surface area contributed by atoms with Crippen LogP contribution in [0.15, 0.2) is 11.6 Å². The minimum Gasteiger partial charge on any atom is -0.295 e. The summed E-state index contributed by atoms with van der Waals surface area (Å²) in [6.45, 7) is 4.62. The van der Waals surface area contributed by atoms with Crippen LogP contribution in [0.4, 0.5) is 0 Å². The van der Waals surface area contributed by atoms with Gasteiger partial charge in [-0.3, -0.25) is 4.79 Å². The third-order valence-electron chi connectivity index (χ3n) is 3.79. The average molecular weight is 178 g/mol. The lowest BCUT2D eigenvalue weighted by Gasteiger charge is -2.41. The SMILES string of the molecule is CC1CC[C@@]2(C)CCC(=O)C=C2C1. The molecule has 2 aliphatic rings. The number of ketones is 1. The smallest absolute Gasteiger partial charge is 0.155 e. The van der Waals surface area contributed by atoms with E-state index in [9.17, 15) is 4.79 Å². The van der Waals surface area contributed by atoms with Gasteiger partial charge in [0.1, 0.15) is 0 Å². The van der Waals surface area contributed by atoms with E-state index in [2.05, 4.69) is 13.8 Å². The highest BCUT2D eigenvalue weighted by Gasteiger charge is 2.36. The lowest BCUT2D eigenvalue weighted by molar-refractivity contribution is -0.115.